The lowest BCUT2D eigenvalue weighted by Crippen LogP contribution is -2.48. The number of rotatable bonds is 7. The van der Waals surface area contributed by atoms with Crippen LogP contribution in [0.15, 0.2) is 17.4 Å². The zero-order valence-corrected chi connectivity index (χ0v) is 15.3. The first-order valence-electron chi connectivity index (χ1n) is 8.91. The second-order valence-corrected chi connectivity index (χ2v) is 5.99. The number of ether oxygens (including phenoxy) is 1. The van der Waals surface area contributed by atoms with Gasteiger partial charge in [0.15, 0.2) is 5.96 Å². The maximum atomic E-state index is 12.0. The third-order valence-electron chi connectivity index (χ3n) is 4.10. The lowest BCUT2D eigenvalue weighted by Gasteiger charge is -2.34. The lowest BCUT2D eigenvalue weighted by molar-refractivity contribution is -0.385. The summed E-state index contributed by atoms with van der Waals surface area (Å²) in [6.45, 7) is 7.18. The Hall–Kier alpha value is -2.65. The fourth-order valence-electron chi connectivity index (χ4n) is 2.88. The van der Waals surface area contributed by atoms with Gasteiger partial charge in [-0.15, -0.1) is 0 Å². The average Bonchev–Trinajstić information content (AvgIpc) is 3.10. The number of esters is 1. The van der Waals surface area contributed by atoms with Crippen molar-refractivity contribution in [2.24, 2.45) is 10.9 Å². The highest BCUT2D eigenvalue weighted by atomic mass is 16.6. The number of carbonyl (C=O) groups excluding carboxylic acids is 1. The van der Waals surface area contributed by atoms with Crippen LogP contribution < -0.4 is 5.32 Å². The Kier molecular flexibility index (Phi) is 7.37. The van der Waals surface area contributed by atoms with Gasteiger partial charge < -0.3 is 15.0 Å². The van der Waals surface area contributed by atoms with Gasteiger partial charge in [0.1, 0.15) is 12.4 Å². The summed E-state index contributed by atoms with van der Waals surface area (Å²) in [5, 5.41) is 17.9. The fraction of sp³-hybridized carbons (Fsp3) is 0.688. The van der Waals surface area contributed by atoms with Crippen molar-refractivity contribution in [1.29, 1.82) is 0 Å². The van der Waals surface area contributed by atoms with E-state index in [-0.39, 0.29) is 17.6 Å². The maximum Gasteiger partial charge on any atom is 0.310 e. The van der Waals surface area contributed by atoms with E-state index in [1.54, 1.807) is 0 Å². The summed E-state index contributed by atoms with van der Waals surface area (Å²) in [5.74, 6) is 0.446. The van der Waals surface area contributed by atoms with Crippen molar-refractivity contribution in [1.82, 2.24) is 20.0 Å². The molecule has 2 heterocycles. The first-order valence-corrected chi connectivity index (χ1v) is 8.91. The van der Waals surface area contributed by atoms with Crippen LogP contribution in [0.5, 0.6) is 0 Å². The number of nitrogens with zero attached hydrogens (tertiary/aromatic N) is 5. The number of carbonyl (C=O) groups is 1. The molecule has 1 atom stereocenters. The van der Waals surface area contributed by atoms with Gasteiger partial charge in [-0.2, -0.15) is 5.10 Å². The van der Waals surface area contributed by atoms with Crippen LogP contribution >= 0.6 is 0 Å². The van der Waals surface area contributed by atoms with Crippen molar-refractivity contribution >= 4 is 17.6 Å². The summed E-state index contributed by atoms with van der Waals surface area (Å²) < 4.78 is 6.64. The summed E-state index contributed by atoms with van der Waals surface area (Å²) in [6, 6.07) is 0. The molecule has 1 N–H and O–H groups in total. The molecule has 2 rings (SSSR count). The minimum atomic E-state index is -0.472. The summed E-state index contributed by atoms with van der Waals surface area (Å²) in [7, 11) is 0. The van der Waals surface area contributed by atoms with E-state index >= 15 is 0 Å². The van der Waals surface area contributed by atoms with Crippen molar-refractivity contribution in [3.63, 3.8) is 0 Å². The van der Waals surface area contributed by atoms with Gasteiger partial charge in [-0.3, -0.25) is 24.6 Å². The number of guanidine groups is 1. The van der Waals surface area contributed by atoms with Crippen LogP contribution in [0.1, 0.15) is 26.7 Å². The first-order chi connectivity index (χ1) is 12.5. The van der Waals surface area contributed by atoms with Gasteiger partial charge in [0.25, 0.3) is 0 Å². The van der Waals surface area contributed by atoms with E-state index < -0.39 is 4.92 Å². The molecule has 10 heteroatoms. The van der Waals surface area contributed by atoms with Crippen LogP contribution in [0.2, 0.25) is 0 Å². The number of likely N-dealkylation sites (tertiary alicyclic amines) is 1. The van der Waals surface area contributed by atoms with Gasteiger partial charge in [-0.1, -0.05) is 0 Å². The molecule has 10 nitrogen and oxygen atoms in total. The molecular weight excluding hydrogens is 340 g/mol. The molecule has 0 aliphatic carbocycles. The molecule has 0 unspecified atom stereocenters. The maximum absolute atomic E-state index is 12.0. The molecule has 0 radical (unpaired) electrons. The molecule has 0 amide bonds. The van der Waals surface area contributed by atoms with Crippen LogP contribution in [0.25, 0.3) is 0 Å². The first kappa shape index (κ1) is 19.7. The van der Waals surface area contributed by atoms with E-state index in [0.717, 1.165) is 25.3 Å². The molecule has 0 saturated carbocycles. The van der Waals surface area contributed by atoms with Crippen molar-refractivity contribution in [3.8, 4) is 0 Å². The highest BCUT2D eigenvalue weighted by molar-refractivity contribution is 5.81. The Balaban J connectivity index is 1.96. The fourth-order valence-corrected chi connectivity index (χ4v) is 2.88. The van der Waals surface area contributed by atoms with E-state index in [1.807, 2.05) is 13.8 Å². The van der Waals surface area contributed by atoms with E-state index in [0.29, 0.717) is 32.8 Å². The summed E-state index contributed by atoms with van der Waals surface area (Å²) >= 11 is 0. The molecule has 0 bridgehead atoms. The van der Waals surface area contributed by atoms with Crippen LogP contribution in [0.4, 0.5) is 5.69 Å². The second-order valence-electron chi connectivity index (χ2n) is 5.99. The lowest BCUT2D eigenvalue weighted by atomic mass is 9.98. The molecule has 0 spiro atoms. The highest BCUT2D eigenvalue weighted by Crippen LogP contribution is 2.18. The van der Waals surface area contributed by atoms with Crippen molar-refractivity contribution < 1.29 is 14.5 Å². The minimum Gasteiger partial charge on any atom is -0.466 e. The number of hydrogen-bond donors (Lipinski definition) is 1. The summed E-state index contributed by atoms with van der Waals surface area (Å²) in [6.07, 6.45) is 4.34. The molecule has 1 saturated heterocycles. The van der Waals surface area contributed by atoms with Crippen LogP contribution in [0.3, 0.4) is 0 Å². The largest absolute Gasteiger partial charge is 0.466 e. The SMILES string of the molecule is CCNC(=NCCn1cc([N+](=O)[O-])cn1)N1CCC[C@H](C(=O)OCC)C1. The topological polar surface area (TPSA) is 115 Å². The third kappa shape index (κ3) is 5.43. The summed E-state index contributed by atoms with van der Waals surface area (Å²) in [4.78, 5) is 28.9. The average molecular weight is 366 g/mol. The van der Waals surface area contributed by atoms with Gasteiger partial charge >= 0.3 is 11.7 Å². The molecule has 1 aromatic heterocycles. The number of aliphatic imine (C=N–C) groups is 1. The number of piperidine rings is 1. The smallest absolute Gasteiger partial charge is 0.310 e. The van der Waals surface area contributed by atoms with E-state index in [9.17, 15) is 14.9 Å². The Bertz CT molecular complexity index is 644. The Morgan fingerprint density at radius 2 is 2.35 bits per heavy atom. The second kappa shape index (κ2) is 9.73. The molecular formula is C16H26N6O4. The van der Waals surface area contributed by atoms with Crippen LogP contribution in [-0.4, -0.2) is 64.3 Å². The van der Waals surface area contributed by atoms with Crippen molar-refractivity contribution in [3.05, 3.63) is 22.5 Å². The van der Waals surface area contributed by atoms with Gasteiger partial charge in [-0.05, 0) is 26.7 Å². The molecule has 1 aromatic rings. The van der Waals surface area contributed by atoms with Gasteiger partial charge in [-0.25, -0.2) is 0 Å². The van der Waals surface area contributed by atoms with Crippen LogP contribution in [0, 0.1) is 16.0 Å². The predicted octanol–water partition coefficient (Wildman–Crippen LogP) is 1.03. The molecule has 1 fully saturated rings. The number of nitrogens with one attached hydrogen (secondary N) is 1. The van der Waals surface area contributed by atoms with Gasteiger partial charge in [0.05, 0.1) is 30.5 Å². The number of hydrogen-bond acceptors (Lipinski definition) is 6. The van der Waals surface area contributed by atoms with Gasteiger partial charge in [0, 0.05) is 19.6 Å². The molecule has 26 heavy (non-hydrogen) atoms. The Morgan fingerprint density at radius 3 is 3.00 bits per heavy atom. The van der Waals surface area contributed by atoms with Gasteiger partial charge in [0.2, 0.25) is 0 Å². The zero-order valence-electron chi connectivity index (χ0n) is 15.3. The molecule has 0 aromatic carbocycles. The minimum absolute atomic E-state index is 0.0332. The van der Waals surface area contributed by atoms with E-state index in [4.69, 9.17) is 4.74 Å². The Labute approximate surface area is 152 Å². The standard InChI is InChI=1S/C16H26N6O4/c1-3-17-16(18-7-9-21-12-14(10-19-21)22(24)25)20-8-5-6-13(11-20)15(23)26-4-2/h10,12-13H,3-9,11H2,1-2H3,(H,17,18)/t13-/m0/s1. The van der Waals surface area contributed by atoms with E-state index in [2.05, 4.69) is 20.3 Å². The number of nitro groups is 1. The third-order valence-corrected chi connectivity index (χ3v) is 4.10. The molecule has 1 aliphatic rings. The Morgan fingerprint density at radius 1 is 1.54 bits per heavy atom. The van der Waals surface area contributed by atoms with Crippen molar-refractivity contribution in [2.75, 3.05) is 32.8 Å². The zero-order chi connectivity index (χ0) is 18.9. The normalized spacial score (nSPS) is 17.8. The summed E-state index contributed by atoms with van der Waals surface area (Å²) in [5.41, 5.74) is -0.0332. The van der Waals surface area contributed by atoms with Crippen molar-refractivity contribution in [2.45, 2.75) is 33.2 Å². The van der Waals surface area contributed by atoms with Crippen LogP contribution in [-0.2, 0) is 16.1 Å². The molecule has 144 valence electrons. The monoisotopic (exact) mass is 366 g/mol. The van der Waals surface area contributed by atoms with E-state index in [1.165, 1.54) is 17.1 Å². The number of aromatic nitrogens is 2. The quantitative estimate of drug-likeness (QED) is 0.252. The highest BCUT2D eigenvalue weighted by Gasteiger charge is 2.28. The molecule has 1 aliphatic heterocycles. The predicted molar refractivity (Wildman–Crippen MR) is 95.8 cm³/mol.